The van der Waals surface area contributed by atoms with Crippen LogP contribution in [0.3, 0.4) is 0 Å². The molecule has 0 saturated carbocycles. The van der Waals surface area contributed by atoms with Crippen molar-refractivity contribution >= 4 is 29.3 Å². The van der Waals surface area contributed by atoms with Crippen LogP contribution in [0.1, 0.15) is 49.2 Å². The Labute approximate surface area is 220 Å². The van der Waals surface area contributed by atoms with Gasteiger partial charge in [0.1, 0.15) is 17.4 Å². The average Bonchev–Trinajstić information content (AvgIpc) is 2.88. The standard InChI is InChI=1S/C29H27N3O6/c1-5-37-28(34)20-7-11-23(12-8-20)31-27(33)21(18-30)16-19-6-15-26(25(17-19)32(35)36)38-24-13-9-22(10-14-24)29(2,3)4/h6-17H,5H2,1-4H3,(H,31,33)/b21-16-. The number of nitrogens with zero attached hydrogens (tertiary/aromatic N) is 2. The number of ether oxygens (including phenoxy) is 2. The minimum absolute atomic E-state index is 0.0281. The molecule has 0 aliphatic rings. The fraction of sp³-hybridized carbons (Fsp3) is 0.207. The van der Waals surface area contributed by atoms with Gasteiger partial charge in [0.15, 0.2) is 0 Å². The lowest BCUT2D eigenvalue weighted by Crippen LogP contribution is -2.13. The third-order valence-corrected chi connectivity index (χ3v) is 5.46. The minimum Gasteiger partial charge on any atom is -0.462 e. The number of nitriles is 1. The molecular formula is C29H27N3O6. The summed E-state index contributed by atoms with van der Waals surface area (Å²) >= 11 is 0. The second kappa shape index (κ2) is 11.8. The Bertz CT molecular complexity index is 1410. The second-order valence-corrected chi connectivity index (χ2v) is 9.28. The molecule has 3 aromatic rings. The Morgan fingerprint density at radius 3 is 2.26 bits per heavy atom. The Morgan fingerprint density at radius 1 is 1.05 bits per heavy atom. The number of benzene rings is 3. The first-order chi connectivity index (χ1) is 18.0. The van der Waals surface area contributed by atoms with E-state index in [1.165, 1.54) is 48.5 Å². The van der Waals surface area contributed by atoms with E-state index in [1.807, 2.05) is 18.2 Å². The van der Waals surface area contributed by atoms with E-state index >= 15 is 0 Å². The molecule has 0 bridgehead atoms. The molecule has 0 atom stereocenters. The predicted octanol–water partition coefficient (Wildman–Crippen LogP) is 6.41. The van der Waals surface area contributed by atoms with E-state index in [-0.39, 0.29) is 34.6 Å². The van der Waals surface area contributed by atoms with Crippen molar-refractivity contribution in [3.05, 3.63) is 99.1 Å². The van der Waals surface area contributed by atoms with Crippen molar-refractivity contribution in [2.24, 2.45) is 0 Å². The van der Waals surface area contributed by atoms with Gasteiger partial charge >= 0.3 is 11.7 Å². The molecule has 0 saturated heterocycles. The molecule has 3 aromatic carbocycles. The van der Waals surface area contributed by atoms with E-state index in [1.54, 1.807) is 19.1 Å². The molecule has 3 rings (SSSR count). The zero-order chi connectivity index (χ0) is 27.9. The number of hydrogen-bond donors (Lipinski definition) is 1. The van der Waals surface area contributed by atoms with Crippen LogP contribution in [0.5, 0.6) is 11.5 Å². The average molecular weight is 514 g/mol. The number of nitro groups is 1. The molecule has 0 heterocycles. The van der Waals surface area contributed by atoms with Crippen LogP contribution in [-0.2, 0) is 14.9 Å². The topological polar surface area (TPSA) is 132 Å². The third-order valence-electron chi connectivity index (χ3n) is 5.46. The minimum atomic E-state index is -0.710. The Morgan fingerprint density at radius 2 is 1.71 bits per heavy atom. The van der Waals surface area contributed by atoms with E-state index in [0.29, 0.717) is 17.0 Å². The van der Waals surface area contributed by atoms with E-state index < -0.39 is 16.8 Å². The summed E-state index contributed by atoms with van der Waals surface area (Å²) in [5.41, 5.74) is 1.42. The maximum absolute atomic E-state index is 12.6. The van der Waals surface area contributed by atoms with Crippen LogP contribution in [0.15, 0.2) is 72.3 Å². The maximum atomic E-state index is 12.6. The summed E-state index contributed by atoms with van der Waals surface area (Å²) in [4.78, 5) is 35.5. The number of nitro benzene ring substituents is 1. The SMILES string of the molecule is CCOC(=O)c1ccc(NC(=O)/C(C#N)=C\c2ccc(Oc3ccc(C(C)(C)C)cc3)c([N+](=O)[O-])c2)cc1. The summed E-state index contributed by atoms with van der Waals surface area (Å²) in [5.74, 6) is -0.729. The van der Waals surface area contributed by atoms with Crippen LogP contribution >= 0.6 is 0 Å². The summed E-state index contributed by atoms with van der Waals surface area (Å²) in [5, 5.41) is 23.8. The molecule has 1 amide bonds. The molecule has 0 aromatic heterocycles. The van der Waals surface area contributed by atoms with Gasteiger partial charge in [-0.25, -0.2) is 4.79 Å². The van der Waals surface area contributed by atoms with Gasteiger partial charge in [0.25, 0.3) is 5.91 Å². The van der Waals surface area contributed by atoms with Gasteiger partial charge in [0.2, 0.25) is 5.75 Å². The Balaban J connectivity index is 1.79. The highest BCUT2D eigenvalue weighted by Gasteiger charge is 2.19. The first-order valence-electron chi connectivity index (χ1n) is 11.8. The number of nitrogens with one attached hydrogen (secondary N) is 1. The summed E-state index contributed by atoms with van der Waals surface area (Å²) in [6.45, 7) is 8.18. The maximum Gasteiger partial charge on any atom is 0.338 e. The van der Waals surface area contributed by atoms with Crippen molar-refractivity contribution in [3.8, 4) is 17.6 Å². The smallest absolute Gasteiger partial charge is 0.338 e. The first kappa shape index (κ1) is 27.6. The highest BCUT2D eigenvalue weighted by atomic mass is 16.6. The summed E-state index contributed by atoms with van der Waals surface area (Å²) < 4.78 is 10.7. The Kier molecular flexibility index (Phi) is 8.61. The molecule has 0 spiro atoms. The second-order valence-electron chi connectivity index (χ2n) is 9.28. The van der Waals surface area contributed by atoms with Gasteiger partial charge < -0.3 is 14.8 Å². The van der Waals surface area contributed by atoms with Crippen LogP contribution in [-0.4, -0.2) is 23.4 Å². The normalized spacial score (nSPS) is 11.3. The molecule has 0 fully saturated rings. The van der Waals surface area contributed by atoms with Crippen molar-refractivity contribution in [1.82, 2.24) is 0 Å². The van der Waals surface area contributed by atoms with E-state index in [4.69, 9.17) is 9.47 Å². The van der Waals surface area contributed by atoms with Crippen molar-refractivity contribution in [2.75, 3.05) is 11.9 Å². The van der Waals surface area contributed by atoms with Gasteiger partial charge in [-0.3, -0.25) is 14.9 Å². The molecule has 38 heavy (non-hydrogen) atoms. The summed E-state index contributed by atoms with van der Waals surface area (Å²) in [6, 6.07) is 19.3. The van der Waals surface area contributed by atoms with E-state index in [9.17, 15) is 25.0 Å². The zero-order valence-corrected chi connectivity index (χ0v) is 21.5. The van der Waals surface area contributed by atoms with Gasteiger partial charge in [-0.1, -0.05) is 39.0 Å². The Hall–Kier alpha value is -4.97. The summed E-state index contributed by atoms with van der Waals surface area (Å²) in [6.07, 6.45) is 1.25. The monoisotopic (exact) mass is 513 g/mol. The van der Waals surface area contributed by atoms with Crippen molar-refractivity contribution in [1.29, 1.82) is 5.26 Å². The number of anilines is 1. The lowest BCUT2D eigenvalue weighted by Gasteiger charge is -2.19. The molecule has 194 valence electrons. The largest absolute Gasteiger partial charge is 0.462 e. The lowest BCUT2D eigenvalue weighted by molar-refractivity contribution is -0.385. The van der Waals surface area contributed by atoms with E-state index in [2.05, 4.69) is 26.1 Å². The van der Waals surface area contributed by atoms with Crippen molar-refractivity contribution in [2.45, 2.75) is 33.1 Å². The number of amides is 1. The number of carbonyl (C=O) groups is 2. The van der Waals surface area contributed by atoms with Gasteiger partial charge in [-0.2, -0.15) is 5.26 Å². The van der Waals surface area contributed by atoms with Gasteiger partial charge in [0, 0.05) is 11.8 Å². The molecule has 1 N–H and O–H groups in total. The highest BCUT2D eigenvalue weighted by molar-refractivity contribution is 6.09. The van der Waals surface area contributed by atoms with Gasteiger partial charge in [0.05, 0.1) is 17.1 Å². The van der Waals surface area contributed by atoms with Crippen molar-refractivity contribution < 1.29 is 24.0 Å². The summed E-state index contributed by atoms with van der Waals surface area (Å²) in [7, 11) is 0. The van der Waals surface area contributed by atoms with Crippen LogP contribution in [0.2, 0.25) is 0 Å². The molecule has 0 unspecified atom stereocenters. The van der Waals surface area contributed by atoms with Gasteiger partial charge in [-0.05, 0) is 72.0 Å². The molecular weight excluding hydrogens is 486 g/mol. The van der Waals surface area contributed by atoms with Gasteiger partial charge in [-0.15, -0.1) is 0 Å². The third kappa shape index (κ3) is 7.04. The van der Waals surface area contributed by atoms with E-state index in [0.717, 1.165) is 5.56 Å². The molecule has 9 heteroatoms. The number of hydrogen-bond acceptors (Lipinski definition) is 7. The quantitative estimate of drug-likeness (QED) is 0.121. The first-order valence-corrected chi connectivity index (χ1v) is 11.8. The number of esters is 1. The lowest BCUT2D eigenvalue weighted by atomic mass is 9.87. The zero-order valence-electron chi connectivity index (χ0n) is 21.5. The fourth-order valence-electron chi connectivity index (χ4n) is 3.42. The predicted molar refractivity (Wildman–Crippen MR) is 143 cm³/mol. The molecule has 0 radical (unpaired) electrons. The van der Waals surface area contributed by atoms with Crippen LogP contribution in [0.4, 0.5) is 11.4 Å². The van der Waals surface area contributed by atoms with Crippen LogP contribution in [0.25, 0.3) is 6.08 Å². The number of carbonyl (C=O) groups excluding carboxylic acids is 2. The van der Waals surface area contributed by atoms with Crippen LogP contribution < -0.4 is 10.1 Å². The van der Waals surface area contributed by atoms with Crippen LogP contribution in [0, 0.1) is 21.4 Å². The molecule has 0 aliphatic heterocycles. The molecule has 9 nitrogen and oxygen atoms in total. The number of rotatable bonds is 8. The fourth-order valence-corrected chi connectivity index (χ4v) is 3.42. The van der Waals surface area contributed by atoms with Crippen molar-refractivity contribution in [3.63, 3.8) is 0 Å². The molecule has 0 aliphatic carbocycles. The highest BCUT2D eigenvalue weighted by Crippen LogP contribution is 2.34.